The molecule has 0 aliphatic rings. The summed E-state index contributed by atoms with van der Waals surface area (Å²) in [5, 5.41) is 7.38. The topological polar surface area (TPSA) is 115 Å². The highest BCUT2D eigenvalue weighted by Crippen LogP contribution is 2.30. The SMILES string of the molecule is COC(=O)c1ccc(Nc2ncnc(Nc3cccc4cccnc34)c2N)cc1. The summed E-state index contributed by atoms with van der Waals surface area (Å²) in [5.74, 6) is 0.515. The number of benzene rings is 2. The molecule has 0 fully saturated rings. The number of anilines is 5. The molecule has 0 saturated heterocycles. The van der Waals surface area contributed by atoms with Gasteiger partial charge in [0.05, 0.1) is 23.9 Å². The normalized spacial score (nSPS) is 10.5. The van der Waals surface area contributed by atoms with Gasteiger partial charge < -0.3 is 21.1 Å². The van der Waals surface area contributed by atoms with E-state index in [0.29, 0.717) is 22.9 Å². The number of pyridine rings is 1. The smallest absolute Gasteiger partial charge is 0.337 e. The van der Waals surface area contributed by atoms with Gasteiger partial charge in [-0.25, -0.2) is 14.8 Å². The number of nitrogens with one attached hydrogen (secondary N) is 2. The Labute approximate surface area is 166 Å². The fourth-order valence-electron chi connectivity index (χ4n) is 2.87. The second-order valence-corrected chi connectivity index (χ2v) is 6.18. The molecule has 0 bridgehead atoms. The number of methoxy groups -OCH3 is 1. The summed E-state index contributed by atoms with van der Waals surface area (Å²) in [5.41, 5.74) is 9.43. The zero-order valence-electron chi connectivity index (χ0n) is 15.6. The van der Waals surface area contributed by atoms with Crippen LogP contribution in [0.15, 0.2) is 67.1 Å². The van der Waals surface area contributed by atoms with Crippen molar-refractivity contribution in [3.05, 3.63) is 72.7 Å². The molecule has 0 unspecified atom stereocenters. The van der Waals surface area contributed by atoms with Crippen molar-refractivity contribution < 1.29 is 9.53 Å². The molecule has 0 spiro atoms. The highest BCUT2D eigenvalue weighted by molar-refractivity contribution is 5.93. The first-order valence-electron chi connectivity index (χ1n) is 8.82. The van der Waals surface area contributed by atoms with Crippen LogP contribution < -0.4 is 16.4 Å². The van der Waals surface area contributed by atoms with E-state index < -0.39 is 5.97 Å². The second-order valence-electron chi connectivity index (χ2n) is 6.18. The van der Waals surface area contributed by atoms with Crippen LogP contribution in [0.1, 0.15) is 10.4 Å². The van der Waals surface area contributed by atoms with Gasteiger partial charge in [0.15, 0.2) is 11.6 Å². The minimum atomic E-state index is -0.395. The van der Waals surface area contributed by atoms with Crippen LogP contribution in [0.3, 0.4) is 0 Å². The monoisotopic (exact) mass is 386 g/mol. The van der Waals surface area contributed by atoms with Crippen LogP contribution in [-0.4, -0.2) is 28.0 Å². The first-order valence-corrected chi connectivity index (χ1v) is 8.82. The summed E-state index contributed by atoms with van der Waals surface area (Å²) in [7, 11) is 1.34. The number of aromatic nitrogens is 3. The third-order valence-electron chi connectivity index (χ3n) is 4.34. The van der Waals surface area contributed by atoms with Gasteiger partial charge in [0, 0.05) is 17.3 Å². The fourth-order valence-corrected chi connectivity index (χ4v) is 2.87. The molecule has 4 N–H and O–H groups in total. The van der Waals surface area contributed by atoms with Crippen molar-refractivity contribution in [2.75, 3.05) is 23.5 Å². The Kier molecular flexibility index (Phi) is 4.90. The van der Waals surface area contributed by atoms with Crippen LogP contribution in [0.2, 0.25) is 0 Å². The van der Waals surface area contributed by atoms with E-state index >= 15 is 0 Å². The minimum Gasteiger partial charge on any atom is -0.465 e. The molecule has 2 aromatic carbocycles. The molecule has 0 saturated carbocycles. The van der Waals surface area contributed by atoms with Crippen molar-refractivity contribution >= 4 is 45.6 Å². The number of nitrogen functional groups attached to an aromatic ring is 1. The molecule has 8 heteroatoms. The third-order valence-corrected chi connectivity index (χ3v) is 4.34. The van der Waals surface area contributed by atoms with Crippen molar-refractivity contribution in [3.8, 4) is 0 Å². The van der Waals surface area contributed by atoms with Gasteiger partial charge >= 0.3 is 5.97 Å². The van der Waals surface area contributed by atoms with Crippen LogP contribution in [-0.2, 0) is 4.74 Å². The number of nitrogens with zero attached hydrogens (tertiary/aromatic N) is 3. The van der Waals surface area contributed by atoms with Gasteiger partial charge in [-0.2, -0.15) is 0 Å². The van der Waals surface area contributed by atoms with E-state index in [0.717, 1.165) is 22.3 Å². The number of ether oxygens (including phenoxy) is 1. The van der Waals surface area contributed by atoms with Crippen LogP contribution in [0.5, 0.6) is 0 Å². The molecule has 0 radical (unpaired) electrons. The lowest BCUT2D eigenvalue weighted by atomic mass is 10.2. The third kappa shape index (κ3) is 3.77. The van der Waals surface area contributed by atoms with Crippen LogP contribution in [0.4, 0.5) is 28.7 Å². The molecule has 144 valence electrons. The lowest BCUT2D eigenvalue weighted by Crippen LogP contribution is -2.06. The van der Waals surface area contributed by atoms with E-state index in [-0.39, 0.29) is 0 Å². The molecule has 29 heavy (non-hydrogen) atoms. The number of hydrogen-bond donors (Lipinski definition) is 3. The van der Waals surface area contributed by atoms with Gasteiger partial charge in [-0.1, -0.05) is 18.2 Å². The van der Waals surface area contributed by atoms with Crippen molar-refractivity contribution in [1.82, 2.24) is 15.0 Å². The van der Waals surface area contributed by atoms with Crippen molar-refractivity contribution in [2.45, 2.75) is 0 Å². The summed E-state index contributed by atoms with van der Waals surface area (Å²) < 4.78 is 4.70. The van der Waals surface area contributed by atoms with E-state index in [1.54, 1.807) is 30.5 Å². The zero-order chi connectivity index (χ0) is 20.2. The lowest BCUT2D eigenvalue weighted by molar-refractivity contribution is 0.0601. The second kappa shape index (κ2) is 7.81. The van der Waals surface area contributed by atoms with E-state index in [1.165, 1.54) is 13.4 Å². The van der Waals surface area contributed by atoms with E-state index in [1.807, 2.05) is 30.3 Å². The first kappa shape index (κ1) is 18.2. The molecule has 8 nitrogen and oxygen atoms in total. The number of carbonyl (C=O) groups is 1. The maximum absolute atomic E-state index is 11.6. The number of fused-ring (bicyclic) bond motifs is 1. The largest absolute Gasteiger partial charge is 0.465 e. The highest BCUT2D eigenvalue weighted by Gasteiger charge is 2.11. The number of carbonyl (C=O) groups excluding carboxylic acids is 1. The van der Waals surface area contributed by atoms with Crippen LogP contribution >= 0.6 is 0 Å². The predicted octanol–water partition coefficient (Wildman–Crippen LogP) is 3.88. The number of rotatable bonds is 5. The maximum Gasteiger partial charge on any atom is 0.337 e. The number of para-hydroxylation sites is 1. The Bertz CT molecular complexity index is 1170. The summed E-state index contributed by atoms with van der Waals surface area (Å²) in [6.45, 7) is 0. The van der Waals surface area contributed by atoms with Gasteiger partial charge in [-0.05, 0) is 36.4 Å². The summed E-state index contributed by atoms with van der Waals surface area (Å²) in [6.07, 6.45) is 3.16. The van der Waals surface area contributed by atoms with Crippen LogP contribution in [0, 0.1) is 0 Å². The fraction of sp³-hybridized carbons (Fsp3) is 0.0476. The van der Waals surface area contributed by atoms with E-state index in [2.05, 4.69) is 25.6 Å². The Morgan fingerprint density at radius 3 is 2.41 bits per heavy atom. The highest BCUT2D eigenvalue weighted by atomic mass is 16.5. The van der Waals surface area contributed by atoms with Crippen LogP contribution in [0.25, 0.3) is 10.9 Å². The summed E-state index contributed by atoms with van der Waals surface area (Å²) in [4.78, 5) is 24.5. The molecule has 0 amide bonds. The standard InChI is InChI=1S/C21H18N6O2/c1-29-21(28)14-7-9-15(10-8-14)26-19-17(22)20(25-12-24-19)27-16-6-2-4-13-5-3-11-23-18(13)16/h2-12H,22H2,1H3,(H2,24,25,26,27). The van der Waals surface area contributed by atoms with Gasteiger partial charge in [0.1, 0.15) is 12.0 Å². The average molecular weight is 386 g/mol. The molecule has 0 aliphatic heterocycles. The van der Waals surface area contributed by atoms with E-state index in [9.17, 15) is 4.79 Å². The molecular formula is C21H18N6O2. The molecule has 0 atom stereocenters. The Hall–Kier alpha value is -4.20. The molecule has 2 aromatic heterocycles. The van der Waals surface area contributed by atoms with Gasteiger partial charge in [-0.15, -0.1) is 0 Å². The number of hydrogen-bond acceptors (Lipinski definition) is 8. The zero-order valence-corrected chi connectivity index (χ0v) is 15.6. The molecular weight excluding hydrogens is 368 g/mol. The summed E-state index contributed by atoms with van der Waals surface area (Å²) >= 11 is 0. The molecule has 4 aromatic rings. The Morgan fingerprint density at radius 1 is 0.931 bits per heavy atom. The number of nitrogens with two attached hydrogens (primary N) is 1. The summed E-state index contributed by atoms with van der Waals surface area (Å²) in [6, 6.07) is 16.5. The first-order chi connectivity index (χ1) is 14.2. The Morgan fingerprint density at radius 2 is 1.66 bits per heavy atom. The van der Waals surface area contributed by atoms with Gasteiger partial charge in [0.2, 0.25) is 0 Å². The predicted molar refractivity (Wildman–Crippen MR) is 113 cm³/mol. The van der Waals surface area contributed by atoms with Crippen molar-refractivity contribution in [1.29, 1.82) is 0 Å². The van der Waals surface area contributed by atoms with Gasteiger partial charge in [-0.3, -0.25) is 4.98 Å². The van der Waals surface area contributed by atoms with E-state index in [4.69, 9.17) is 10.5 Å². The number of esters is 1. The Balaban J connectivity index is 1.60. The van der Waals surface area contributed by atoms with Crippen molar-refractivity contribution in [3.63, 3.8) is 0 Å². The lowest BCUT2D eigenvalue weighted by Gasteiger charge is -2.13. The maximum atomic E-state index is 11.6. The molecule has 2 heterocycles. The molecule has 0 aliphatic carbocycles. The quantitative estimate of drug-likeness (QED) is 0.443. The minimum absolute atomic E-state index is 0.359. The molecule has 4 rings (SSSR count). The van der Waals surface area contributed by atoms with Crippen molar-refractivity contribution in [2.24, 2.45) is 0 Å². The average Bonchev–Trinajstić information content (AvgIpc) is 2.77. The van der Waals surface area contributed by atoms with Gasteiger partial charge in [0.25, 0.3) is 0 Å².